The van der Waals surface area contributed by atoms with Crippen LogP contribution in [0.4, 0.5) is 5.69 Å². The molecule has 110 valence electrons. The molecular weight excluding hydrogens is 252 g/mol. The highest BCUT2D eigenvalue weighted by Gasteiger charge is 2.22. The van der Waals surface area contributed by atoms with E-state index in [-0.39, 0.29) is 16.7 Å². The van der Waals surface area contributed by atoms with Crippen LogP contribution in [0.25, 0.3) is 0 Å². The van der Waals surface area contributed by atoms with Crippen molar-refractivity contribution in [3.63, 3.8) is 0 Å². The van der Waals surface area contributed by atoms with E-state index < -0.39 is 0 Å². The normalized spacial score (nSPS) is 19.1. The molecule has 0 radical (unpaired) electrons. The summed E-state index contributed by atoms with van der Waals surface area (Å²) in [5, 5.41) is 11.0. The largest absolute Gasteiger partial charge is 0.327 e. The van der Waals surface area contributed by atoms with Gasteiger partial charge in [0.1, 0.15) is 0 Å². The zero-order chi connectivity index (χ0) is 14.4. The van der Waals surface area contributed by atoms with Crippen LogP contribution in [0.5, 0.6) is 0 Å². The number of nitro groups is 1. The van der Waals surface area contributed by atoms with Gasteiger partial charge in [0.05, 0.1) is 4.92 Å². The minimum absolute atomic E-state index is 0.0363. The lowest BCUT2D eigenvalue weighted by molar-refractivity contribution is -0.385. The van der Waals surface area contributed by atoms with Gasteiger partial charge in [0.25, 0.3) is 5.69 Å². The number of nitrogens with zero attached hydrogens (tertiary/aromatic N) is 1. The summed E-state index contributed by atoms with van der Waals surface area (Å²) in [5.74, 6) is 0.509. The van der Waals surface area contributed by atoms with Crippen molar-refractivity contribution in [3.8, 4) is 0 Å². The van der Waals surface area contributed by atoms with E-state index in [0.717, 1.165) is 5.56 Å². The molecule has 1 saturated carbocycles. The zero-order valence-corrected chi connectivity index (χ0v) is 12.0. The van der Waals surface area contributed by atoms with Crippen LogP contribution in [0.3, 0.4) is 0 Å². The Labute approximate surface area is 120 Å². The molecule has 0 saturated heterocycles. The number of hydrogen-bond donors (Lipinski definition) is 1. The third kappa shape index (κ3) is 4.04. The zero-order valence-electron chi connectivity index (χ0n) is 12.0. The van der Waals surface area contributed by atoms with Gasteiger partial charge in [-0.25, -0.2) is 0 Å². The first-order valence-corrected chi connectivity index (χ1v) is 7.66. The van der Waals surface area contributed by atoms with Crippen molar-refractivity contribution in [1.29, 1.82) is 0 Å². The molecule has 0 spiro atoms. The molecule has 0 amide bonds. The molecule has 1 aromatic carbocycles. The first kappa shape index (κ1) is 15.0. The van der Waals surface area contributed by atoms with Crippen LogP contribution in [-0.4, -0.2) is 11.0 Å². The molecule has 2 rings (SSSR count). The van der Waals surface area contributed by atoms with Crippen molar-refractivity contribution in [2.45, 2.75) is 57.4 Å². The molecule has 20 heavy (non-hydrogen) atoms. The van der Waals surface area contributed by atoms with Crippen molar-refractivity contribution in [3.05, 3.63) is 39.9 Å². The lowest BCUT2D eigenvalue weighted by atomic mass is 9.83. The van der Waals surface area contributed by atoms with Crippen LogP contribution < -0.4 is 5.73 Å². The van der Waals surface area contributed by atoms with Crippen molar-refractivity contribution in [2.24, 2.45) is 11.7 Å². The second kappa shape index (κ2) is 7.39. The fourth-order valence-electron chi connectivity index (χ4n) is 3.20. The molecule has 1 aromatic rings. The maximum Gasteiger partial charge on any atom is 0.272 e. The van der Waals surface area contributed by atoms with E-state index in [1.807, 2.05) is 12.1 Å². The summed E-state index contributed by atoms with van der Waals surface area (Å²) in [5.41, 5.74) is 7.32. The SMILES string of the molecule is NC(Cc1ccccc1[N+](=O)[O-])C1CCCCCCC1. The van der Waals surface area contributed by atoms with E-state index >= 15 is 0 Å². The van der Waals surface area contributed by atoms with Crippen LogP contribution in [0.2, 0.25) is 0 Å². The Morgan fingerprint density at radius 2 is 1.75 bits per heavy atom. The van der Waals surface area contributed by atoms with Gasteiger partial charge < -0.3 is 5.73 Å². The van der Waals surface area contributed by atoms with E-state index in [9.17, 15) is 10.1 Å². The lowest BCUT2D eigenvalue weighted by Gasteiger charge is -2.25. The number of nitro benzene ring substituents is 1. The van der Waals surface area contributed by atoms with Crippen LogP contribution in [-0.2, 0) is 6.42 Å². The van der Waals surface area contributed by atoms with E-state index in [0.29, 0.717) is 12.3 Å². The highest BCUT2D eigenvalue weighted by molar-refractivity contribution is 5.40. The quantitative estimate of drug-likeness (QED) is 0.671. The number of benzene rings is 1. The highest BCUT2D eigenvalue weighted by Crippen LogP contribution is 2.27. The molecule has 2 N–H and O–H groups in total. The minimum atomic E-state index is -0.305. The molecule has 1 unspecified atom stereocenters. The van der Waals surface area contributed by atoms with Gasteiger partial charge in [-0.2, -0.15) is 0 Å². The minimum Gasteiger partial charge on any atom is -0.327 e. The predicted octanol–water partition coefficient (Wildman–Crippen LogP) is 3.83. The molecular formula is C16H24N2O2. The summed E-state index contributed by atoms with van der Waals surface area (Å²) in [4.78, 5) is 10.7. The Bertz CT molecular complexity index is 440. The first-order chi connectivity index (χ1) is 9.68. The highest BCUT2D eigenvalue weighted by atomic mass is 16.6. The Morgan fingerprint density at radius 1 is 1.15 bits per heavy atom. The average molecular weight is 276 g/mol. The molecule has 0 aliphatic heterocycles. The summed E-state index contributed by atoms with van der Waals surface area (Å²) in [6.45, 7) is 0. The van der Waals surface area contributed by atoms with E-state index in [4.69, 9.17) is 5.73 Å². The molecule has 0 bridgehead atoms. The first-order valence-electron chi connectivity index (χ1n) is 7.66. The summed E-state index contributed by atoms with van der Waals surface area (Å²) in [6.07, 6.45) is 9.38. The summed E-state index contributed by atoms with van der Waals surface area (Å²) in [6, 6.07) is 7.01. The standard InChI is InChI=1S/C16H24N2O2/c17-15(13-8-4-2-1-3-5-9-13)12-14-10-6-7-11-16(14)18(19)20/h6-7,10-11,13,15H,1-5,8-9,12,17H2. The summed E-state index contributed by atoms with van der Waals surface area (Å²) >= 11 is 0. The van der Waals surface area contributed by atoms with Crippen molar-refractivity contribution in [1.82, 2.24) is 0 Å². The molecule has 0 aromatic heterocycles. The fraction of sp³-hybridized carbons (Fsp3) is 0.625. The van der Waals surface area contributed by atoms with Gasteiger partial charge >= 0.3 is 0 Å². The van der Waals surface area contributed by atoms with E-state index in [1.54, 1.807) is 12.1 Å². The fourth-order valence-corrected chi connectivity index (χ4v) is 3.20. The summed E-state index contributed by atoms with van der Waals surface area (Å²) in [7, 11) is 0. The van der Waals surface area contributed by atoms with Crippen LogP contribution in [0, 0.1) is 16.0 Å². The van der Waals surface area contributed by atoms with Crippen LogP contribution in [0.15, 0.2) is 24.3 Å². The Balaban J connectivity index is 2.02. The molecule has 1 aliphatic rings. The second-order valence-electron chi connectivity index (χ2n) is 5.86. The molecule has 4 nitrogen and oxygen atoms in total. The van der Waals surface area contributed by atoms with Crippen LogP contribution >= 0.6 is 0 Å². The van der Waals surface area contributed by atoms with E-state index in [2.05, 4.69) is 0 Å². The molecule has 1 fully saturated rings. The number of hydrogen-bond acceptors (Lipinski definition) is 3. The van der Waals surface area contributed by atoms with Crippen molar-refractivity contribution < 1.29 is 4.92 Å². The monoisotopic (exact) mass is 276 g/mol. The van der Waals surface area contributed by atoms with E-state index in [1.165, 1.54) is 44.9 Å². The molecule has 4 heteroatoms. The van der Waals surface area contributed by atoms with Gasteiger partial charge in [0.2, 0.25) is 0 Å². The van der Waals surface area contributed by atoms with Crippen molar-refractivity contribution >= 4 is 5.69 Å². The lowest BCUT2D eigenvalue weighted by Crippen LogP contribution is -2.33. The Kier molecular flexibility index (Phi) is 5.53. The van der Waals surface area contributed by atoms with Gasteiger partial charge in [0, 0.05) is 17.7 Å². The summed E-state index contributed by atoms with van der Waals surface area (Å²) < 4.78 is 0. The smallest absolute Gasteiger partial charge is 0.272 e. The number of rotatable bonds is 4. The number of nitrogens with two attached hydrogens (primary N) is 1. The van der Waals surface area contributed by atoms with Crippen LogP contribution in [0.1, 0.15) is 50.5 Å². The molecule has 0 heterocycles. The van der Waals surface area contributed by atoms with Gasteiger partial charge in [-0.1, -0.05) is 50.3 Å². The Morgan fingerprint density at radius 3 is 2.40 bits per heavy atom. The Hall–Kier alpha value is -1.42. The van der Waals surface area contributed by atoms with Gasteiger partial charge in [0.15, 0.2) is 0 Å². The van der Waals surface area contributed by atoms with Crippen molar-refractivity contribution in [2.75, 3.05) is 0 Å². The second-order valence-corrected chi connectivity index (χ2v) is 5.86. The topological polar surface area (TPSA) is 69.2 Å². The molecule has 1 aliphatic carbocycles. The molecule has 1 atom stereocenters. The van der Waals surface area contributed by atoms with Gasteiger partial charge in [-0.05, 0) is 25.2 Å². The third-order valence-corrected chi connectivity index (χ3v) is 4.40. The third-order valence-electron chi connectivity index (χ3n) is 4.40. The van der Waals surface area contributed by atoms with Gasteiger partial charge in [-0.15, -0.1) is 0 Å². The number of para-hydroxylation sites is 1. The average Bonchev–Trinajstić information content (AvgIpc) is 2.38. The predicted molar refractivity (Wildman–Crippen MR) is 80.6 cm³/mol. The van der Waals surface area contributed by atoms with Gasteiger partial charge in [-0.3, -0.25) is 10.1 Å². The maximum atomic E-state index is 11.0. The maximum absolute atomic E-state index is 11.0.